The first-order valence-electron chi connectivity index (χ1n) is 12.3. The molecule has 4 heterocycles. The zero-order valence-electron chi connectivity index (χ0n) is 19.7. The topological polar surface area (TPSA) is 51.8 Å². The summed E-state index contributed by atoms with van der Waals surface area (Å²) in [6.07, 6.45) is 1.83. The Morgan fingerprint density at radius 1 is 0.568 bits per heavy atom. The van der Waals surface area contributed by atoms with Crippen molar-refractivity contribution in [3.05, 3.63) is 115 Å². The highest BCUT2D eigenvalue weighted by Crippen LogP contribution is 2.41. The van der Waals surface area contributed by atoms with Crippen LogP contribution in [0.1, 0.15) is 0 Å². The lowest BCUT2D eigenvalue weighted by atomic mass is 9.94. The first kappa shape index (κ1) is 20.1. The predicted octanol–water partition coefficient (Wildman–Crippen LogP) is 8.56. The smallest absolute Gasteiger partial charge is 0.228 e. The van der Waals surface area contributed by atoms with Crippen LogP contribution in [0, 0.1) is 0 Å². The van der Waals surface area contributed by atoms with Crippen molar-refractivity contribution in [3.8, 4) is 22.4 Å². The van der Waals surface area contributed by atoms with E-state index in [1.54, 1.807) is 0 Å². The fraction of sp³-hybridized carbons (Fsp3) is 0. The van der Waals surface area contributed by atoms with Gasteiger partial charge in [-0.25, -0.2) is 9.97 Å². The van der Waals surface area contributed by atoms with E-state index in [1.807, 2.05) is 42.6 Å². The molecule has 4 aromatic heterocycles. The van der Waals surface area contributed by atoms with Crippen LogP contribution >= 0.6 is 0 Å². The summed E-state index contributed by atoms with van der Waals surface area (Å²) in [4.78, 5) is 14.6. The van der Waals surface area contributed by atoms with Crippen molar-refractivity contribution in [2.45, 2.75) is 0 Å². The first-order chi connectivity index (χ1) is 18.3. The van der Waals surface area contributed by atoms with E-state index in [9.17, 15) is 0 Å². The number of benzene rings is 4. The fourth-order valence-corrected chi connectivity index (χ4v) is 5.40. The van der Waals surface area contributed by atoms with Crippen molar-refractivity contribution in [1.82, 2.24) is 15.0 Å². The van der Waals surface area contributed by atoms with Gasteiger partial charge in [-0.15, -0.1) is 0 Å². The van der Waals surface area contributed by atoms with Crippen LogP contribution in [-0.4, -0.2) is 15.0 Å². The highest BCUT2D eigenvalue weighted by molar-refractivity contribution is 6.18. The molecule has 0 aliphatic heterocycles. The summed E-state index contributed by atoms with van der Waals surface area (Å²) in [5, 5.41) is 5.37. The molecule has 37 heavy (non-hydrogen) atoms. The van der Waals surface area contributed by atoms with E-state index < -0.39 is 0 Å². The number of hydrogen-bond acceptors (Lipinski definition) is 4. The molecular weight excluding hydrogens is 454 g/mol. The number of para-hydroxylation sites is 2. The van der Waals surface area contributed by atoms with E-state index >= 15 is 0 Å². The van der Waals surface area contributed by atoms with Gasteiger partial charge in [-0.3, -0.25) is 4.98 Å². The lowest BCUT2D eigenvalue weighted by molar-refractivity contribution is 0.656. The average molecular weight is 474 g/mol. The van der Waals surface area contributed by atoms with Gasteiger partial charge in [0.2, 0.25) is 5.71 Å². The Labute approximate surface area is 211 Å². The van der Waals surface area contributed by atoms with E-state index in [1.165, 1.54) is 0 Å². The van der Waals surface area contributed by atoms with Crippen LogP contribution in [-0.2, 0) is 0 Å². The molecule has 0 saturated carbocycles. The number of furan rings is 1. The van der Waals surface area contributed by atoms with Crippen LogP contribution in [0.15, 0.2) is 120 Å². The minimum Gasteiger partial charge on any atom is -0.438 e. The second-order valence-electron chi connectivity index (χ2n) is 9.27. The van der Waals surface area contributed by atoms with Crippen LogP contribution in [0.3, 0.4) is 0 Å². The highest BCUT2D eigenvalue weighted by Gasteiger charge is 2.18. The highest BCUT2D eigenvalue weighted by atomic mass is 16.3. The number of nitrogens with zero attached hydrogens (tertiary/aromatic N) is 3. The van der Waals surface area contributed by atoms with Gasteiger partial charge >= 0.3 is 0 Å². The summed E-state index contributed by atoms with van der Waals surface area (Å²) in [6.45, 7) is 0. The second kappa shape index (κ2) is 7.70. The van der Waals surface area contributed by atoms with Crippen LogP contribution in [0.2, 0.25) is 0 Å². The molecule has 0 bridgehead atoms. The first-order valence-corrected chi connectivity index (χ1v) is 12.3. The number of rotatable bonds is 2. The SMILES string of the molecule is c1cc(-c2ccc3ccc4cccnc4c3n2)cc(-c2c3ccccc3nc3oc4ccccc4c23)c1. The molecule has 0 fully saturated rings. The molecule has 0 N–H and O–H groups in total. The summed E-state index contributed by atoms with van der Waals surface area (Å²) < 4.78 is 6.20. The summed E-state index contributed by atoms with van der Waals surface area (Å²) in [6, 6.07) is 37.4. The second-order valence-corrected chi connectivity index (χ2v) is 9.27. The Hall–Kier alpha value is -5.09. The third-order valence-corrected chi connectivity index (χ3v) is 7.10. The molecule has 0 aliphatic rings. The minimum absolute atomic E-state index is 0.654. The number of fused-ring (bicyclic) bond motifs is 7. The third-order valence-electron chi connectivity index (χ3n) is 7.10. The molecule has 0 radical (unpaired) electrons. The lowest BCUT2D eigenvalue weighted by Crippen LogP contribution is -1.90. The molecule has 0 aliphatic carbocycles. The van der Waals surface area contributed by atoms with Crippen molar-refractivity contribution < 1.29 is 4.42 Å². The molecule has 0 unspecified atom stereocenters. The molecular formula is C33H19N3O. The molecule has 0 atom stereocenters. The van der Waals surface area contributed by atoms with Gasteiger partial charge in [-0.2, -0.15) is 0 Å². The summed E-state index contributed by atoms with van der Waals surface area (Å²) >= 11 is 0. The van der Waals surface area contributed by atoms with Gasteiger partial charge in [-0.1, -0.05) is 78.9 Å². The fourth-order valence-electron chi connectivity index (χ4n) is 5.40. The van der Waals surface area contributed by atoms with Crippen molar-refractivity contribution in [3.63, 3.8) is 0 Å². The Morgan fingerprint density at radius 3 is 2.30 bits per heavy atom. The average Bonchev–Trinajstić information content (AvgIpc) is 3.33. The molecule has 4 heteroatoms. The van der Waals surface area contributed by atoms with Gasteiger partial charge in [0.25, 0.3) is 0 Å². The monoisotopic (exact) mass is 473 g/mol. The largest absolute Gasteiger partial charge is 0.438 e. The Balaban J connectivity index is 1.40. The standard InChI is InChI=1S/C33H19N3O/c1-3-12-27-24(10-1)29(30-25-11-2-4-13-28(25)37-33(30)36-27)23-8-5-7-22(19-23)26-17-16-21-15-14-20-9-6-18-34-31(20)32(21)35-26/h1-19H. The number of pyridine rings is 3. The van der Waals surface area contributed by atoms with Crippen molar-refractivity contribution in [2.75, 3.05) is 0 Å². The molecule has 0 amide bonds. The van der Waals surface area contributed by atoms with Gasteiger partial charge in [-0.05, 0) is 35.9 Å². The Morgan fingerprint density at radius 2 is 1.35 bits per heavy atom. The van der Waals surface area contributed by atoms with E-state index in [-0.39, 0.29) is 0 Å². The predicted molar refractivity (Wildman–Crippen MR) is 150 cm³/mol. The number of hydrogen-bond donors (Lipinski definition) is 0. The molecule has 172 valence electrons. The van der Waals surface area contributed by atoms with Gasteiger partial charge in [0.05, 0.1) is 27.6 Å². The minimum atomic E-state index is 0.654. The maximum atomic E-state index is 6.20. The zero-order valence-corrected chi connectivity index (χ0v) is 19.7. The maximum Gasteiger partial charge on any atom is 0.228 e. The summed E-state index contributed by atoms with van der Waals surface area (Å²) in [5.74, 6) is 0. The third kappa shape index (κ3) is 3.06. The molecule has 0 spiro atoms. The number of aromatic nitrogens is 3. The van der Waals surface area contributed by atoms with E-state index in [2.05, 4.69) is 77.8 Å². The molecule has 4 aromatic carbocycles. The van der Waals surface area contributed by atoms with Gasteiger partial charge < -0.3 is 4.42 Å². The van der Waals surface area contributed by atoms with Gasteiger partial charge in [0.15, 0.2) is 0 Å². The molecule has 0 saturated heterocycles. The zero-order chi connectivity index (χ0) is 24.3. The van der Waals surface area contributed by atoms with Crippen LogP contribution in [0.5, 0.6) is 0 Å². The normalized spacial score (nSPS) is 11.8. The van der Waals surface area contributed by atoms with Crippen molar-refractivity contribution >= 4 is 54.8 Å². The quantitative estimate of drug-likeness (QED) is 0.236. The van der Waals surface area contributed by atoms with E-state index in [0.717, 1.165) is 71.4 Å². The molecule has 4 nitrogen and oxygen atoms in total. The van der Waals surface area contributed by atoms with Gasteiger partial charge in [0.1, 0.15) is 5.58 Å². The van der Waals surface area contributed by atoms with Crippen molar-refractivity contribution in [2.24, 2.45) is 0 Å². The maximum absolute atomic E-state index is 6.20. The van der Waals surface area contributed by atoms with E-state index in [0.29, 0.717) is 5.71 Å². The summed E-state index contributed by atoms with van der Waals surface area (Å²) in [7, 11) is 0. The van der Waals surface area contributed by atoms with Crippen LogP contribution < -0.4 is 0 Å². The van der Waals surface area contributed by atoms with Crippen molar-refractivity contribution in [1.29, 1.82) is 0 Å². The van der Waals surface area contributed by atoms with Crippen LogP contribution in [0.4, 0.5) is 0 Å². The molecule has 8 rings (SSSR count). The Kier molecular flexibility index (Phi) is 4.19. The van der Waals surface area contributed by atoms with Crippen LogP contribution in [0.25, 0.3) is 77.2 Å². The molecule has 8 aromatic rings. The lowest BCUT2D eigenvalue weighted by Gasteiger charge is -2.11. The van der Waals surface area contributed by atoms with Gasteiger partial charge in [0, 0.05) is 38.9 Å². The van der Waals surface area contributed by atoms with E-state index in [4.69, 9.17) is 14.4 Å². The Bertz CT molecular complexity index is 2160. The summed E-state index contributed by atoms with van der Waals surface area (Å²) in [5.41, 5.74) is 8.44.